The van der Waals surface area contributed by atoms with Crippen molar-refractivity contribution in [1.29, 1.82) is 0 Å². The lowest BCUT2D eigenvalue weighted by Gasteiger charge is -2.35. The molecule has 0 atom stereocenters. The van der Waals surface area contributed by atoms with Crippen molar-refractivity contribution in [2.75, 3.05) is 11.9 Å². The van der Waals surface area contributed by atoms with Gasteiger partial charge in [0.2, 0.25) is 5.91 Å². The largest absolute Gasteiger partial charge is 0.330 e. The number of amides is 1. The van der Waals surface area contributed by atoms with E-state index in [1.54, 1.807) is 13.0 Å². The highest BCUT2D eigenvalue weighted by Crippen LogP contribution is 2.38. The van der Waals surface area contributed by atoms with Gasteiger partial charge in [-0.05, 0) is 65.4 Å². The summed E-state index contributed by atoms with van der Waals surface area (Å²) in [6.45, 7) is 2.33. The number of benzene rings is 1. The van der Waals surface area contributed by atoms with Gasteiger partial charge in [-0.2, -0.15) is 0 Å². The van der Waals surface area contributed by atoms with E-state index in [4.69, 9.17) is 5.73 Å². The van der Waals surface area contributed by atoms with Crippen LogP contribution in [0.4, 0.5) is 10.1 Å². The monoisotopic (exact) mass is 356 g/mol. The van der Waals surface area contributed by atoms with Gasteiger partial charge in [0, 0.05) is 12.1 Å². The first-order chi connectivity index (χ1) is 9.96. The fourth-order valence-electron chi connectivity index (χ4n) is 3.07. The second-order valence-electron chi connectivity index (χ2n) is 6.07. The van der Waals surface area contributed by atoms with Crippen molar-refractivity contribution in [2.24, 2.45) is 11.1 Å². The zero-order chi connectivity index (χ0) is 15.5. The zero-order valence-electron chi connectivity index (χ0n) is 12.3. The average molecular weight is 357 g/mol. The van der Waals surface area contributed by atoms with Crippen LogP contribution in [0.1, 0.15) is 44.1 Å². The number of anilines is 1. The molecule has 3 N–H and O–H groups in total. The van der Waals surface area contributed by atoms with Crippen LogP contribution in [0.25, 0.3) is 0 Å². The third-order valence-electron chi connectivity index (χ3n) is 4.42. The van der Waals surface area contributed by atoms with E-state index in [1.807, 2.05) is 0 Å². The van der Waals surface area contributed by atoms with E-state index >= 15 is 0 Å². The molecule has 2 rings (SSSR count). The molecule has 1 fully saturated rings. The number of rotatable bonds is 4. The lowest BCUT2D eigenvalue weighted by molar-refractivity contribution is -0.118. The van der Waals surface area contributed by atoms with Crippen LogP contribution in [-0.2, 0) is 4.79 Å². The summed E-state index contributed by atoms with van der Waals surface area (Å²) >= 11 is 3.15. The predicted octanol–water partition coefficient (Wildman–Crippen LogP) is 4.13. The Labute approximate surface area is 133 Å². The molecule has 1 amide bonds. The van der Waals surface area contributed by atoms with Gasteiger partial charge in [0.25, 0.3) is 0 Å². The molecule has 1 aliphatic rings. The summed E-state index contributed by atoms with van der Waals surface area (Å²) in [5.74, 6) is -0.361. The topological polar surface area (TPSA) is 55.1 Å². The van der Waals surface area contributed by atoms with Gasteiger partial charge in [-0.25, -0.2) is 4.39 Å². The van der Waals surface area contributed by atoms with Crippen LogP contribution in [0.5, 0.6) is 0 Å². The van der Waals surface area contributed by atoms with Gasteiger partial charge >= 0.3 is 0 Å². The Kier molecular flexibility index (Phi) is 5.38. The molecule has 0 aromatic heterocycles. The molecule has 5 heteroatoms. The zero-order valence-corrected chi connectivity index (χ0v) is 13.9. The summed E-state index contributed by atoms with van der Waals surface area (Å²) in [6, 6.07) is 3.03. The van der Waals surface area contributed by atoms with Gasteiger partial charge in [-0.3, -0.25) is 4.79 Å². The molecule has 0 bridgehead atoms. The minimum absolute atomic E-state index is 0.0380. The van der Waals surface area contributed by atoms with Gasteiger partial charge in [-0.1, -0.05) is 19.3 Å². The van der Waals surface area contributed by atoms with Crippen LogP contribution in [0.15, 0.2) is 16.6 Å². The van der Waals surface area contributed by atoms with Gasteiger partial charge in [-0.15, -0.1) is 0 Å². The number of hydrogen-bond donors (Lipinski definition) is 2. The molecular formula is C16H22BrFN2O. The standard InChI is InChI=1S/C16H22BrFN2O/c1-11-7-13(18)12(17)8-14(11)20-15(21)9-16(10-19)5-3-2-4-6-16/h7-8H,2-6,9-10,19H2,1H3,(H,20,21). The molecule has 1 saturated carbocycles. The number of aryl methyl sites for hydroxylation is 1. The Balaban J connectivity index is 2.06. The highest BCUT2D eigenvalue weighted by Gasteiger charge is 2.33. The van der Waals surface area contributed by atoms with Crippen LogP contribution in [0.2, 0.25) is 0 Å². The molecule has 0 aliphatic heterocycles. The molecule has 0 radical (unpaired) electrons. The van der Waals surface area contributed by atoms with Crippen LogP contribution >= 0.6 is 15.9 Å². The van der Waals surface area contributed by atoms with Crippen molar-refractivity contribution in [3.63, 3.8) is 0 Å². The predicted molar refractivity (Wildman–Crippen MR) is 86.7 cm³/mol. The summed E-state index contributed by atoms with van der Waals surface area (Å²) < 4.78 is 13.8. The Morgan fingerprint density at radius 3 is 2.67 bits per heavy atom. The molecule has 3 nitrogen and oxygen atoms in total. The molecule has 1 aliphatic carbocycles. The number of hydrogen-bond acceptors (Lipinski definition) is 2. The van der Waals surface area contributed by atoms with Crippen molar-refractivity contribution in [3.05, 3.63) is 28.0 Å². The minimum atomic E-state index is -0.323. The molecule has 1 aromatic rings. The SMILES string of the molecule is Cc1cc(F)c(Br)cc1NC(=O)CC1(CN)CCCCC1. The molecule has 0 spiro atoms. The third-order valence-corrected chi connectivity index (χ3v) is 5.03. The second kappa shape index (κ2) is 6.88. The van der Waals surface area contributed by atoms with E-state index in [9.17, 15) is 9.18 Å². The van der Waals surface area contributed by atoms with E-state index in [-0.39, 0.29) is 17.1 Å². The van der Waals surface area contributed by atoms with E-state index in [2.05, 4.69) is 21.2 Å². The molecule has 0 saturated heterocycles. The van der Waals surface area contributed by atoms with E-state index in [0.717, 1.165) is 31.2 Å². The minimum Gasteiger partial charge on any atom is -0.330 e. The maximum atomic E-state index is 13.4. The van der Waals surface area contributed by atoms with Gasteiger partial charge in [0.05, 0.1) is 4.47 Å². The van der Waals surface area contributed by atoms with Crippen molar-refractivity contribution in [2.45, 2.75) is 45.4 Å². The first-order valence-corrected chi connectivity index (χ1v) is 8.21. The Morgan fingerprint density at radius 2 is 2.05 bits per heavy atom. The molecule has 116 valence electrons. The van der Waals surface area contributed by atoms with Crippen LogP contribution in [-0.4, -0.2) is 12.5 Å². The van der Waals surface area contributed by atoms with Gasteiger partial charge in [0.1, 0.15) is 5.82 Å². The Hall–Kier alpha value is -0.940. The first-order valence-electron chi connectivity index (χ1n) is 7.41. The molecular weight excluding hydrogens is 335 g/mol. The fourth-order valence-corrected chi connectivity index (χ4v) is 3.41. The molecule has 0 heterocycles. The van der Waals surface area contributed by atoms with Gasteiger partial charge in [0.15, 0.2) is 0 Å². The summed E-state index contributed by atoms with van der Waals surface area (Å²) in [4.78, 5) is 12.3. The van der Waals surface area contributed by atoms with Crippen LogP contribution < -0.4 is 11.1 Å². The smallest absolute Gasteiger partial charge is 0.224 e. The van der Waals surface area contributed by atoms with Crippen molar-refractivity contribution < 1.29 is 9.18 Å². The second-order valence-corrected chi connectivity index (χ2v) is 6.93. The quantitative estimate of drug-likeness (QED) is 0.851. The Morgan fingerprint density at radius 1 is 1.38 bits per heavy atom. The fraction of sp³-hybridized carbons (Fsp3) is 0.562. The number of carbonyl (C=O) groups is 1. The number of nitrogens with two attached hydrogens (primary N) is 1. The number of halogens is 2. The maximum absolute atomic E-state index is 13.4. The number of carbonyl (C=O) groups excluding carboxylic acids is 1. The van der Waals surface area contributed by atoms with Crippen LogP contribution in [0.3, 0.4) is 0 Å². The van der Waals surface area contributed by atoms with E-state index in [1.165, 1.54) is 12.5 Å². The van der Waals surface area contributed by atoms with Crippen molar-refractivity contribution >= 4 is 27.5 Å². The maximum Gasteiger partial charge on any atom is 0.224 e. The normalized spacial score (nSPS) is 17.5. The number of nitrogens with one attached hydrogen (secondary N) is 1. The highest BCUT2D eigenvalue weighted by atomic mass is 79.9. The lowest BCUT2D eigenvalue weighted by Crippen LogP contribution is -2.36. The summed E-state index contributed by atoms with van der Waals surface area (Å²) in [6.07, 6.45) is 5.99. The molecule has 0 unspecified atom stereocenters. The highest BCUT2D eigenvalue weighted by molar-refractivity contribution is 9.10. The third kappa shape index (κ3) is 4.04. The van der Waals surface area contributed by atoms with Crippen molar-refractivity contribution in [1.82, 2.24) is 0 Å². The molecule has 21 heavy (non-hydrogen) atoms. The van der Waals surface area contributed by atoms with Gasteiger partial charge < -0.3 is 11.1 Å². The molecule has 1 aromatic carbocycles. The summed E-state index contributed by atoms with van der Waals surface area (Å²) in [5, 5.41) is 2.89. The first kappa shape index (κ1) is 16.4. The summed E-state index contributed by atoms with van der Waals surface area (Å²) in [5.41, 5.74) is 7.22. The van der Waals surface area contributed by atoms with E-state index in [0.29, 0.717) is 23.1 Å². The summed E-state index contributed by atoms with van der Waals surface area (Å²) in [7, 11) is 0. The lowest BCUT2D eigenvalue weighted by atomic mass is 9.71. The average Bonchev–Trinajstić information content (AvgIpc) is 2.45. The van der Waals surface area contributed by atoms with Crippen molar-refractivity contribution in [3.8, 4) is 0 Å². The van der Waals surface area contributed by atoms with E-state index < -0.39 is 0 Å². The Bertz CT molecular complexity index is 527. The van der Waals surface area contributed by atoms with Crippen LogP contribution in [0, 0.1) is 18.2 Å².